The molecule has 0 aromatic heterocycles. The van der Waals surface area contributed by atoms with Crippen molar-refractivity contribution in [3.63, 3.8) is 0 Å². The molecule has 0 saturated carbocycles. The van der Waals surface area contributed by atoms with Crippen LogP contribution >= 0.6 is 0 Å². The zero-order chi connectivity index (χ0) is 25.1. The Bertz CT molecular complexity index is 454. The molecule has 34 heavy (non-hydrogen) atoms. The third kappa shape index (κ3) is 22.6. The average molecular weight is 487 g/mol. The molecule has 0 rings (SSSR count). The Hall–Kier alpha value is -1.14. The van der Waals surface area contributed by atoms with Gasteiger partial charge in [-0.25, -0.2) is 4.79 Å². The van der Waals surface area contributed by atoms with Crippen LogP contribution in [0.3, 0.4) is 0 Å². The van der Waals surface area contributed by atoms with Gasteiger partial charge in [-0.2, -0.15) is 0 Å². The molecule has 0 heterocycles. The monoisotopic (exact) mass is 486 g/mol. The van der Waals surface area contributed by atoms with E-state index < -0.39 is 18.0 Å². The number of hydrogen-bond donors (Lipinski definition) is 0. The summed E-state index contributed by atoms with van der Waals surface area (Å²) in [7, 11) is 0. The van der Waals surface area contributed by atoms with Gasteiger partial charge in [0.25, 0.3) is 0 Å². The van der Waals surface area contributed by atoms with Crippen LogP contribution in [0.2, 0.25) is 0 Å². The molecule has 1 unspecified atom stereocenters. The summed E-state index contributed by atoms with van der Waals surface area (Å²) in [6, 6.07) is 0. The fourth-order valence-corrected chi connectivity index (χ4v) is 3.52. The van der Waals surface area contributed by atoms with Crippen molar-refractivity contribution in [3.8, 4) is 0 Å². The van der Waals surface area contributed by atoms with Crippen molar-refractivity contribution in [1.29, 1.82) is 0 Å². The van der Waals surface area contributed by atoms with Crippen LogP contribution in [0.4, 0.5) is 0 Å². The number of unbranched alkanes of at least 4 members (excludes halogenated alkanes) is 12. The standard InChI is InChI=1S/C28H54O6/c1-4-7-10-12-14-16-23-33-27(29)25-26(32-22-19-18-21-31-20-9-6-3)28(30)34-24-17-15-13-11-8-5-2/h26H,4-25H2,1-3H3. The van der Waals surface area contributed by atoms with Crippen molar-refractivity contribution in [3.05, 3.63) is 0 Å². The Morgan fingerprint density at radius 2 is 1.00 bits per heavy atom. The molecule has 0 bridgehead atoms. The molecule has 0 aromatic rings. The van der Waals surface area contributed by atoms with E-state index >= 15 is 0 Å². The summed E-state index contributed by atoms with van der Waals surface area (Å²) in [5.41, 5.74) is 0. The maximum Gasteiger partial charge on any atom is 0.335 e. The highest BCUT2D eigenvalue weighted by Gasteiger charge is 2.25. The summed E-state index contributed by atoms with van der Waals surface area (Å²) in [6.07, 6.45) is 16.4. The van der Waals surface area contributed by atoms with Gasteiger partial charge in [0.1, 0.15) is 0 Å². The number of ether oxygens (including phenoxy) is 4. The van der Waals surface area contributed by atoms with E-state index in [0.29, 0.717) is 26.4 Å². The number of carbonyl (C=O) groups is 2. The minimum atomic E-state index is -0.891. The second kappa shape index (κ2) is 26.5. The molecular formula is C28H54O6. The average Bonchev–Trinajstić information content (AvgIpc) is 2.83. The van der Waals surface area contributed by atoms with Gasteiger partial charge in [-0.3, -0.25) is 4.79 Å². The third-order valence-electron chi connectivity index (χ3n) is 5.76. The lowest BCUT2D eigenvalue weighted by Crippen LogP contribution is -2.31. The molecule has 0 radical (unpaired) electrons. The van der Waals surface area contributed by atoms with E-state index in [-0.39, 0.29) is 6.42 Å². The van der Waals surface area contributed by atoms with E-state index in [1.54, 1.807) is 0 Å². The molecule has 0 aliphatic heterocycles. The van der Waals surface area contributed by atoms with E-state index in [9.17, 15) is 9.59 Å². The van der Waals surface area contributed by atoms with Gasteiger partial charge in [-0.15, -0.1) is 0 Å². The van der Waals surface area contributed by atoms with Gasteiger partial charge in [0.2, 0.25) is 0 Å². The normalized spacial score (nSPS) is 12.0. The van der Waals surface area contributed by atoms with Gasteiger partial charge in [0.05, 0.1) is 19.6 Å². The molecule has 0 aliphatic carbocycles. The zero-order valence-electron chi connectivity index (χ0n) is 22.6. The van der Waals surface area contributed by atoms with Gasteiger partial charge in [-0.05, 0) is 32.1 Å². The van der Waals surface area contributed by atoms with Crippen LogP contribution in [0, 0.1) is 0 Å². The maximum absolute atomic E-state index is 12.5. The molecular weight excluding hydrogens is 432 g/mol. The van der Waals surface area contributed by atoms with Crippen LogP contribution in [-0.2, 0) is 28.5 Å². The van der Waals surface area contributed by atoms with Crippen molar-refractivity contribution < 1.29 is 28.5 Å². The van der Waals surface area contributed by atoms with Crippen molar-refractivity contribution >= 4 is 11.9 Å². The molecule has 0 aromatic carbocycles. The van der Waals surface area contributed by atoms with Gasteiger partial charge in [0, 0.05) is 19.8 Å². The second-order valence-electron chi connectivity index (χ2n) is 9.16. The SMILES string of the molecule is CCCCCCCCOC(=O)CC(OCCCCOCCCC)C(=O)OCCCCCCCC. The van der Waals surface area contributed by atoms with E-state index in [0.717, 1.165) is 64.4 Å². The van der Waals surface area contributed by atoms with Crippen LogP contribution in [-0.4, -0.2) is 51.1 Å². The lowest BCUT2D eigenvalue weighted by molar-refractivity contribution is -0.164. The summed E-state index contributed by atoms with van der Waals surface area (Å²) in [5.74, 6) is -0.845. The largest absolute Gasteiger partial charge is 0.466 e. The molecule has 6 heteroatoms. The van der Waals surface area contributed by atoms with Crippen LogP contribution in [0.5, 0.6) is 0 Å². The van der Waals surface area contributed by atoms with E-state index in [2.05, 4.69) is 20.8 Å². The highest BCUT2D eigenvalue weighted by Crippen LogP contribution is 2.10. The Balaban J connectivity index is 4.24. The highest BCUT2D eigenvalue weighted by molar-refractivity contribution is 5.81. The van der Waals surface area contributed by atoms with Crippen molar-refractivity contribution in [2.24, 2.45) is 0 Å². The maximum atomic E-state index is 12.5. The van der Waals surface area contributed by atoms with Crippen LogP contribution < -0.4 is 0 Å². The number of hydrogen-bond acceptors (Lipinski definition) is 6. The van der Waals surface area contributed by atoms with E-state index in [1.807, 2.05) is 0 Å². The molecule has 0 spiro atoms. The molecule has 0 fully saturated rings. The molecule has 0 N–H and O–H groups in total. The minimum Gasteiger partial charge on any atom is -0.466 e. The molecule has 0 amide bonds. The lowest BCUT2D eigenvalue weighted by atomic mass is 10.1. The fourth-order valence-electron chi connectivity index (χ4n) is 3.52. The predicted octanol–water partition coefficient (Wildman–Crippen LogP) is 7.17. The summed E-state index contributed by atoms with van der Waals surface area (Å²) < 4.78 is 22.1. The van der Waals surface area contributed by atoms with Gasteiger partial charge < -0.3 is 18.9 Å². The van der Waals surface area contributed by atoms with Crippen LogP contribution in [0.25, 0.3) is 0 Å². The first-order valence-corrected chi connectivity index (χ1v) is 14.2. The smallest absolute Gasteiger partial charge is 0.335 e. The Morgan fingerprint density at radius 1 is 0.529 bits per heavy atom. The third-order valence-corrected chi connectivity index (χ3v) is 5.76. The van der Waals surface area contributed by atoms with E-state index in [1.165, 1.54) is 44.9 Å². The molecule has 202 valence electrons. The summed E-state index contributed by atoms with van der Waals surface area (Å²) in [6.45, 7) is 9.19. The molecule has 6 nitrogen and oxygen atoms in total. The van der Waals surface area contributed by atoms with Crippen LogP contribution in [0.15, 0.2) is 0 Å². The highest BCUT2D eigenvalue weighted by atomic mass is 16.6. The van der Waals surface area contributed by atoms with Gasteiger partial charge in [-0.1, -0.05) is 91.4 Å². The first-order valence-electron chi connectivity index (χ1n) is 14.2. The number of carbonyl (C=O) groups excluding carboxylic acids is 2. The van der Waals surface area contributed by atoms with Crippen molar-refractivity contribution in [1.82, 2.24) is 0 Å². The Morgan fingerprint density at radius 3 is 1.62 bits per heavy atom. The molecule has 0 saturated heterocycles. The fraction of sp³-hybridized carbons (Fsp3) is 0.929. The molecule has 1 atom stereocenters. The summed E-state index contributed by atoms with van der Waals surface area (Å²) in [4.78, 5) is 24.8. The first-order chi connectivity index (χ1) is 16.7. The van der Waals surface area contributed by atoms with Crippen LogP contribution in [0.1, 0.15) is 130 Å². The molecule has 0 aliphatic rings. The number of esters is 2. The van der Waals surface area contributed by atoms with Crippen molar-refractivity contribution in [2.75, 3.05) is 33.0 Å². The predicted molar refractivity (Wildman–Crippen MR) is 138 cm³/mol. The summed E-state index contributed by atoms with van der Waals surface area (Å²) >= 11 is 0. The summed E-state index contributed by atoms with van der Waals surface area (Å²) in [5, 5.41) is 0. The van der Waals surface area contributed by atoms with Gasteiger partial charge >= 0.3 is 11.9 Å². The topological polar surface area (TPSA) is 71.1 Å². The number of rotatable bonds is 26. The van der Waals surface area contributed by atoms with Gasteiger partial charge in [0.15, 0.2) is 6.10 Å². The van der Waals surface area contributed by atoms with Crippen molar-refractivity contribution in [2.45, 2.75) is 136 Å². The first kappa shape index (κ1) is 32.9. The second-order valence-corrected chi connectivity index (χ2v) is 9.16. The minimum absolute atomic E-state index is 0.0852. The quantitative estimate of drug-likeness (QED) is 0.0953. The Kier molecular flexibility index (Phi) is 25.6. The lowest BCUT2D eigenvalue weighted by Gasteiger charge is -2.17. The zero-order valence-corrected chi connectivity index (χ0v) is 22.6. The van der Waals surface area contributed by atoms with E-state index in [4.69, 9.17) is 18.9 Å². The Labute approximate surface area is 209 Å².